The number of benzene rings is 3. The number of rotatable bonds is 18. The monoisotopic (exact) mass is 908 g/mol. The molecule has 3 aromatic carbocycles. The molecule has 6 rings (SSSR count). The molecule has 5 aromatic rings. The Kier molecular flexibility index (Phi) is 16.2. The Morgan fingerprint density at radius 1 is 0.906 bits per heavy atom. The summed E-state index contributed by atoms with van der Waals surface area (Å²) in [4.78, 5) is 73.5. The maximum absolute atomic E-state index is 14.4. The first kappa shape index (κ1) is 47.6. The first-order valence-electron chi connectivity index (χ1n) is 21.7. The van der Waals surface area contributed by atoms with E-state index in [1.807, 2.05) is 81.4 Å². The number of halogens is 1. The highest BCUT2D eigenvalue weighted by Gasteiger charge is 2.33. The van der Waals surface area contributed by atoms with E-state index in [2.05, 4.69) is 29.2 Å². The zero-order valence-electron chi connectivity index (χ0n) is 37.4. The highest BCUT2D eigenvalue weighted by Crippen LogP contribution is 2.39. The highest BCUT2D eigenvalue weighted by atomic mass is 35.5. The number of likely N-dealkylation sites (N-methyl/N-ethyl adjacent to an activating group) is 1. The molecule has 64 heavy (non-hydrogen) atoms. The number of fused-ring (bicyclic) bond motifs is 1. The van der Waals surface area contributed by atoms with Gasteiger partial charge < -0.3 is 24.6 Å². The zero-order chi connectivity index (χ0) is 46.0. The van der Waals surface area contributed by atoms with Crippen LogP contribution in [0.3, 0.4) is 0 Å². The summed E-state index contributed by atoms with van der Waals surface area (Å²) in [6.45, 7) is 12.1. The minimum atomic E-state index is -0.673. The van der Waals surface area contributed by atoms with Crippen molar-refractivity contribution in [2.24, 2.45) is 0 Å². The van der Waals surface area contributed by atoms with E-state index in [-0.39, 0.29) is 49.6 Å². The van der Waals surface area contributed by atoms with Gasteiger partial charge in [0.25, 0.3) is 5.91 Å². The third-order valence-corrected chi connectivity index (χ3v) is 12.5. The Labute approximate surface area is 384 Å². The van der Waals surface area contributed by atoms with Crippen LogP contribution in [0.1, 0.15) is 108 Å². The van der Waals surface area contributed by atoms with Gasteiger partial charge in [-0.1, -0.05) is 67.9 Å². The van der Waals surface area contributed by atoms with E-state index in [0.29, 0.717) is 59.3 Å². The van der Waals surface area contributed by atoms with Gasteiger partial charge in [0.2, 0.25) is 5.91 Å². The number of amides is 3. The van der Waals surface area contributed by atoms with Crippen LogP contribution in [0.15, 0.2) is 91.3 Å². The number of nitrogens with one attached hydrogen (secondary N) is 1. The van der Waals surface area contributed by atoms with E-state index >= 15 is 0 Å². The second-order valence-electron chi connectivity index (χ2n) is 16.9. The van der Waals surface area contributed by atoms with Crippen molar-refractivity contribution < 1.29 is 33.4 Å². The molecular formula is C49H57ClN6O7S. The average molecular weight is 910 g/mol. The van der Waals surface area contributed by atoms with Crippen LogP contribution in [0.2, 0.25) is 5.02 Å². The molecule has 13 nitrogen and oxygen atoms in total. The number of anilines is 1. The van der Waals surface area contributed by atoms with Crippen LogP contribution in [0.5, 0.6) is 0 Å². The van der Waals surface area contributed by atoms with Crippen molar-refractivity contribution in [3.05, 3.63) is 135 Å². The molecule has 1 N–H and O–H groups in total. The van der Waals surface area contributed by atoms with Crippen LogP contribution in [0.25, 0.3) is 5.69 Å². The number of hydrogen-bond acceptors (Lipinski definition) is 10. The highest BCUT2D eigenvalue weighted by molar-refractivity contribution is 7.17. The van der Waals surface area contributed by atoms with E-state index < -0.39 is 17.7 Å². The van der Waals surface area contributed by atoms with E-state index in [4.69, 9.17) is 21.1 Å². The number of carbonyl (C=O) groups is 5. The molecule has 0 saturated heterocycles. The third kappa shape index (κ3) is 12.7. The summed E-state index contributed by atoms with van der Waals surface area (Å²) in [6, 6.07) is 24.2. The summed E-state index contributed by atoms with van der Waals surface area (Å²) < 4.78 is 12.6. The lowest BCUT2D eigenvalue weighted by Crippen LogP contribution is -2.41. The molecule has 0 fully saturated rings. The van der Waals surface area contributed by atoms with Crippen LogP contribution in [0.4, 0.5) is 9.80 Å². The lowest BCUT2D eigenvalue weighted by Gasteiger charge is -2.32. The van der Waals surface area contributed by atoms with Crippen molar-refractivity contribution in [2.45, 2.75) is 98.1 Å². The number of carbonyl (C=O) groups excluding carboxylic acids is 5. The first-order chi connectivity index (χ1) is 30.6. The number of ketones is 1. The number of ether oxygens (including phenoxy) is 2. The largest absolute Gasteiger partial charge is 0.461 e. The Morgan fingerprint density at radius 3 is 2.33 bits per heavy atom. The number of esters is 1. The second kappa shape index (κ2) is 21.7. The van der Waals surface area contributed by atoms with Gasteiger partial charge in [-0.15, -0.1) is 11.3 Å². The molecular weight excluding hydrogens is 852 g/mol. The van der Waals surface area contributed by atoms with Crippen LogP contribution < -0.4 is 5.32 Å². The maximum Gasteiger partial charge on any atom is 0.410 e. The van der Waals surface area contributed by atoms with Crippen molar-refractivity contribution in [3.63, 3.8) is 0 Å². The van der Waals surface area contributed by atoms with Crippen LogP contribution in [-0.4, -0.2) is 92.5 Å². The molecule has 0 unspecified atom stereocenters. The minimum absolute atomic E-state index is 0.00441. The molecule has 0 bridgehead atoms. The molecule has 0 atom stereocenters. The van der Waals surface area contributed by atoms with Crippen LogP contribution >= 0.6 is 22.9 Å². The predicted molar refractivity (Wildman–Crippen MR) is 249 cm³/mol. The van der Waals surface area contributed by atoms with Crippen LogP contribution in [0, 0.1) is 0 Å². The maximum atomic E-state index is 14.4. The summed E-state index contributed by atoms with van der Waals surface area (Å²) in [6.07, 6.45) is 4.97. The topological polar surface area (TPSA) is 143 Å². The zero-order valence-corrected chi connectivity index (χ0v) is 39.0. The molecule has 0 radical (unpaired) electrons. The summed E-state index contributed by atoms with van der Waals surface area (Å²) in [7, 11) is 1.75. The van der Waals surface area contributed by atoms with E-state index in [1.165, 1.54) is 17.5 Å². The summed E-state index contributed by atoms with van der Waals surface area (Å²) in [5, 5.41) is 8.49. The fourth-order valence-corrected chi connectivity index (χ4v) is 8.95. The van der Waals surface area contributed by atoms with Gasteiger partial charge in [0, 0.05) is 67.3 Å². The molecule has 0 aliphatic carbocycles. The first-order valence-corrected chi connectivity index (χ1v) is 22.9. The van der Waals surface area contributed by atoms with Crippen molar-refractivity contribution >= 4 is 57.6 Å². The van der Waals surface area contributed by atoms with Gasteiger partial charge >= 0.3 is 12.1 Å². The Balaban J connectivity index is 1.16. The second-order valence-corrected chi connectivity index (χ2v) is 18.4. The minimum Gasteiger partial charge on any atom is -0.461 e. The number of aromatic nitrogens is 2. The quantitative estimate of drug-likeness (QED) is 0.0672. The molecule has 3 amide bonds. The summed E-state index contributed by atoms with van der Waals surface area (Å²) >= 11 is 7.39. The smallest absolute Gasteiger partial charge is 0.410 e. The number of thiophene rings is 1. The van der Waals surface area contributed by atoms with Gasteiger partial charge in [0.1, 0.15) is 17.2 Å². The molecule has 338 valence electrons. The van der Waals surface area contributed by atoms with E-state index in [9.17, 15) is 24.0 Å². The van der Waals surface area contributed by atoms with Crippen molar-refractivity contribution in [1.29, 1.82) is 0 Å². The van der Waals surface area contributed by atoms with E-state index in [1.54, 1.807) is 45.9 Å². The Hall–Kier alpha value is -5.83. The number of hydrogen-bond donors (Lipinski definition) is 1. The fourth-order valence-electron chi connectivity index (χ4n) is 7.56. The summed E-state index contributed by atoms with van der Waals surface area (Å²) in [5.74, 6) is -1.22. The van der Waals surface area contributed by atoms with Gasteiger partial charge in [0.15, 0.2) is 5.78 Å². The van der Waals surface area contributed by atoms with Gasteiger partial charge in [-0.2, -0.15) is 5.10 Å². The van der Waals surface area contributed by atoms with Crippen LogP contribution in [-0.2, 0) is 45.2 Å². The normalized spacial score (nSPS) is 12.5. The SMILES string of the molecule is CCC(CC)N(CCN(C)C(=O)CCC(=O)OCc1ccccc1)Cc1cccc(C(=O)Nc2sc3c(c2C(=O)c2cnn(-c4ccc(Cl)cc4)c2)CCN(C(=O)OC(C)(C)C)C3)c1. The van der Waals surface area contributed by atoms with E-state index in [0.717, 1.165) is 40.1 Å². The Bertz CT molecular complexity index is 2420. The van der Waals surface area contributed by atoms with Crippen molar-refractivity contribution in [3.8, 4) is 5.69 Å². The predicted octanol–water partition coefficient (Wildman–Crippen LogP) is 9.34. The molecule has 15 heteroatoms. The van der Waals surface area contributed by atoms with Gasteiger partial charge in [-0.05, 0) is 93.1 Å². The lowest BCUT2D eigenvalue weighted by atomic mass is 9.97. The fraction of sp³-hybridized carbons (Fsp3) is 0.388. The Morgan fingerprint density at radius 2 is 1.62 bits per heavy atom. The van der Waals surface area contributed by atoms with Crippen molar-refractivity contribution in [1.82, 2.24) is 24.5 Å². The lowest BCUT2D eigenvalue weighted by molar-refractivity contribution is -0.147. The summed E-state index contributed by atoms with van der Waals surface area (Å²) in [5.41, 5.74) is 3.79. The molecule has 3 heterocycles. The molecule has 1 aliphatic rings. The standard InChI is InChI=1S/C49H57ClN6O7S/c1-7-38(8-2)54(26-25-53(6)42(57)21-22-43(58)62-32-33-13-10-9-11-14-33)29-34-15-12-16-35(27-34)46(60)52-47-44(40-23-24-55(31-41(40)64-47)48(61)63-49(3,4)5)45(59)36-28-51-56(30-36)39-19-17-37(50)18-20-39/h9-20,27-28,30,38H,7-8,21-26,29,31-32H2,1-6H3,(H,52,60). The molecule has 0 spiro atoms. The molecule has 1 aliphatic heterocycles. The average Bonchev–Trinajstić information content (AvgIpc) is 3.92. The molecule has 0 saturated carbocycles. The van der Waals surface area contributed by atoms with Gasteiger partial charge in [-0.3, -0.25) is 24.1 Å². The molecule has 2 aromatic heterocycles. The third-order valence-electron chi connectivity index (χ3n) is 11.1. The van der Waals surface area contributed by atoms with Gasteiger partial charge in [0.05, 0.1) is 36.0 Å². The van der Waals surface area contributed by atoms with Gasteiger partial charge in [-0.25, -0.2) is 9.48 Å². The number of nitrogens with zero attached hydrogens (tertiary/aromatic N) is 5. The van der Waals surface area contributed by atoms with Crippen molar-refractivity contribution in [2.75, 3.05) is 32.0 Å².